The number of rotatable bonds is 38. The normalized spacial score (nSPS) is 11.7. The maximum Gasteiger partial charge on any atom is 0.134 e. The van der Waals surface area contributed by atoms with Crippen molar-refractivity contribution < 1.29 is 56.8 Å². The maximum atomic E-state index is 5.87. The van der Waals surface area contributed by atoms with E-state index >= 15 is 0 Å². The predicted octanol–water partition coefficient (Wildman–Crippen LogP) is 3.26. The molecule has 0 bridgehead atoms. The summed E-state index contributed by atoms with van der Waals surface area (Å²) in [6.45, 7) is 14.9. The molecule has 0 aliphatic heterocycles. The number of nitrogens with zero attached hydrogens (tertiary/aromatic N) is 2. The van der Waals surface area contributed by atoms with Gasteiger partial charge in [0.25, 0.3) is 0 Å². The van der Waals surface area contributed by atoms with Gasteiger partial charge < -0.3 is 56.8 Å². The first-order valence-electron chi connectivity index (χ1n) is 17.2. The second-order valence-corrected chi connectivity index (χ2v) is 12.4. The summed E-state index contributed by atoms with van der Waals surface area (Å²) in [5.74, 6) is 1.38. The van der Waals surface area contributed by atoms with Gasteiger partial charge in [-0.2, -0.15) is 0 Å². The summed E-state index contributed by atoms with van der Waals surface area (Å²) in [6.07, 6.45) is 0. The molecule has 0 aromatic heterocycles. The lowest BCUT2D eigenvalue weighted by atomic mass is 10.3. The lowest BCUT2D eigenvalue weighted by Gasteiger charge is -2.21. The fourth-order valence-corrected chi connectivity index (χ4v) is 5.05. The van der Waals surface area contributed by atoms with Gasteiger partial charge in [0.05, 0.1) is 115 Å². The van der Waals surface area contributed by atoms with Gasteiger partial charge in [-0.1, -0.05) is 0 Å². The Kier molecular flexibility index (Phi) is 33.4. The van der Waals surface area contributed by atoms with Crippen LogP contribution in [-0.2, 0) is 47.4 Å². The Morgan fingerprint density at radius 2 is 0.600 bits per heavy atom. The zero-order valence-corrected chi connectivity index (χ0v) is 33.8. The van der Waals surface area contributed by atoms with E-state index in [1.807, 2.05) is 12.1 Å². The van der Waals surface area contributed by atoms with Crippen LogP contribution in [0.5, 0.6) is 11.5 Å². The number of ether oxygens (including phenoxy) is 12. The zero-order valence-electron chi connectivity index (χ0n) is 30.7. The van der Waals surface area contributed by atoms with Gasteiger partial charge in [0.1, 0.15) is 24.7 Å². The molecule has 0 aliphatic carbocycles. The van der Waals surface area contributed by atoms with E-state index in [9.17, 15) is 0 Å². The van der Waals surface area contributed by atoms with Crippen molar-refractivity contribution in [2.75, 3.05) is 187 Å². The fraction of sp³-hybridized carbons (Fsp3) is 0.824. The lowest BCUT2D eigenvalue weighted by molar-refractivity contribution is 0.00394. The molecule has 294 valence electrons. The molecule has 50 heavy (non-hydrogen) atoms. The number of methoxy groups -OCH3 is 4. The third kappa shape index (κ3) is 27.0. The molecule has 14 nitrogen and oxygen atoms in total. The highest BCUT2D eigenvalue weighted by Gasteiger charge is 2.10. The van der Waals surface area contributed by atoms with E-state index in [0.29, 0.717) is 130 Å². The van der Waals surface area contributed by atoms with E-state index in [1.165, 1.54) is 0 Å². The average Bonchev–Trinajstić information content (AvgIpc) is 3.12. The molecule has 16 heteroatoms. The highest BCUT2D eigenvalue weighted by Crippen LogP contribution is 2.36. The maximum absolute atomic E-state index is 5.87. The second-order valence-electron chi connectivity index (χ2n) is 10.7. The molecular formula is C34H62Br2N2O12. The summed E-state index contributed by atoms with van der Waals surface area (Å²) in [4.78, 5) is 4.51. The van der Waals surface area contributed by atoms with Crippen LogP contribution in [0.25, 0.3) is 0 Å². The Bertz CT molecular complexity index is 811. The van der Waals surface area contributed by atoms with Gasteiger partial charge in [-0.05, 0) is 44.0 Å². The van der Waals surface area contributed by atoms with Crippen molar-refractivity contribution in [3.8, 4) is 11.5 Å². The first-order chi connectivity index (χ1) is 24.5. The minimum atomic E-state index is 0.404. The Morgan fingerprint density at radius 1 is 0.360 bits per heavy atom. The van der Waals surface area contributed by atoms with Crippen LogP contribution in [0.3, 0.4) is 0 Å². The SMILES string of the molecule is COCCN(CCOC)CCOCCOCCOCCOc1cc(Br)c(OCCOCCOCCOCCN(CCOC)CCOC)cc1Br. The van der Waals surface area contributed by atoms with Crippen LogP contribution in [-0.4, -0.2) is 196 Å². The summed E-state index contributed by atoms with van der Waals surface area (Å²) < 4.78 is 67.7. The first-order valence-corrected chi connectivity index (χ1v) is 18.8. The summed E-state index contributed by atoms with van der Waals surface area (Å²) in [6, 6.07) is 3.73. The van der Waals surface area contributed by atoms with Crippen LogP contribution in [0.2, 0.25) is 0 Å². The molecule has 0 N–H and O–H groups in total. The summed E-state index contributed by atoms with van der Waals surface area (Å²) in [5, 5.41) is 0. The molecule has 0 aliphatic rings. The van der Waals surface area contributed by atoms with E-state index in [-0.39, 0.29) is 0 Å². The molecule has 0 fully saturated rings. The molecule has 0 amide bonds. The smallest absolute Gasteiger partial charge is 0.134 e. The Balaban J connectivity index is 2.03. The molecule has 0 saturated carbocycles. The molecule has 0 saturated heterocycles. The minimum absolute atomic E-state index is 0.404. The summed E-state index contributed by atoms with van der Waals surface area (Å²) in [7, 11) is 6.82. The Morgan fingerprint density at radius 3 is 0.880 bits per heavy atom. The standard InChI is InChI=1S/C34H62Br2N2O12/c1-39-11-5-37(6-12-40-2)9-15-43-17-19-45-21-23-47-25-27-49-33-29-32(36)34(30-31(33)35)50-28-26-48-24-22-46-20-18-44-16-10-38(7-13-41-3)8-14-42-4/h29-30H,5-28H2,1-4H3. The van der Waals surface area contributed by atoms with Gasteiger partial charge >= 0.3 is 0 Å². The summed E-state index contributed by atoms with van der Waals surface area (Å²) in [5.41, 5.74) is 0. The Hall–Kier alpha value is -0.700. The van der Waals surface area contributed by atoms with Crippen molar-refractivity contribution in [2.24, 2.45) is 0 Å². The third-order valence-corrected chi connectivity index (χ3v) is 8.23. The minimum Gasteiger partial charge on any atom is -0.490 e. The lowest BCUT2D eigenvalue weighted by Crippen LogP contribution is -2.33. The van der Waals surface area contributed by atoms with Crippen LogP contribution in [0, 0.1) is 0 Å². The van der Waals surface area contributed by atoms with Gasteiger partial charge in [0.2, 0.25) is 0 Å². The van der Waals surface area contributed by atoms with Crippen LogP contribution in [0.1, 0.15) is 0 Å². The molecule has 0 heterocycles. The fourth-order valence-electron chi connectivity index (χ4n) is 4.18. The van der Waals surface area contributed by atoms with E-state index in [1.54, 1.807) is 28.4 Å². The highest BCUT2D eigenvalue weighted by molar-refractivity contribution is 9.11. The first kappa shape index (κ1) is 47.3. The van der Waals surface area contributed by atoms with Crippen molar-refractivity contribution in [3.05, 3.63) is 21.1 Å². The molecule has 0 atom stereocenters. The predicted molar refractivity (Wildman–Crippen MR) is 198 cm³/mol. The van der Waals surface area contributed by atoms with Crippen LogP contribution < -0.4 is 9.47 Å². The van der Waals surface area contributed by atoms with Crippen LogP contribution in [0.4, 0.5) is 0 Å². The number of hydrogen-bond donors (Lipinski definition) is 0. The zero-order chi connectivity index (χ0) is 36.3. The topological polar surface area (TPSA) is 117 Å². The third-order valence-electron chi connectivity index (χ3n) is 7.00. The van der Waals surface area contributed by atoms with E-state index in [0.717, 1.165) is 48.2 Å². The molecule has 1 aromatic carbocycles. The number of halogens is 2. The monoisotopic (exact) mass is 848 g/mol. The average molecular weight is 851 g/mol. The van der Waals surface area contributed by atoms with Crippen LogP contribution >= 0.6 is 31.9 Å². The van der Waals surface area contributed by atoms with Crippen molar-refractivity contribution in [1.29, 1.82) is 0 Å². The molecule has 1 rings (SSSR count). The summed E-state index contributed by atoms with van der Waals surface area (Å²) >= 11 is 7.12. The molecular weight excluding hydrogens is 788 g/mol. The second kappa shape index (κ2) is 35.3. The van der Waals surface area contributed by atoms with E-state index in [4.69, 9.17) is 56.8 Å². The van der Waals surface area contributed by atoms with E-state index < -0.39 is 0 Å². The number of hydrogen-bond acceptors (Lipinski definition) is 14. The molecule has 0 spiro atoms. The number of benzene rings is 1. The van der Waals surface area contributed by atoms with Gasteiger partial charge in [-0.15, -0.1) is 0 Å². The van der Waals surface area contributed by atoms with Crippen molar-refractivity contribution >= 4 is 31.9 Å². The van der Waals surface area contributed by atoms with Crippen molar-refractivity contribution in [3.63, 3.8) is 0 Å². The largest absolute Gasteiger partial charge is 0.490 e. The molecule has 1 aromatic rings. The van der Waals surface area contributed by atoms with Crippen molar-refractivity contribution in [1.82, 2.24) is 9.80 Å². The van der Waals surface area contributed by atoms with Gasteiger partial charge in [-0.25, -0.2) is 0 Å². The van der Waals surface area contributed by atoms with Gasteiger partial charge in [0, 0.05) is 67.7 Å². The highest BCUT2D eigenvalue weighted by atomic mass is 79.9. The molecule has 0 unspecified atom stereocenters. The van der Waals surface area contributed by atoms with Gasteiger partial charge in [0.15, 0.2) is 0 Å². The van der Waals surface area contributed by atoms with Gasteiger partial charge in [-0.3, -0.25) is 9.80 Å². The quantitative estimate of drug-likeness (QED) is 0.0907. The van der Waals surface area contributed by atoms with Crippen LogP contribution in [0.15, 0.2) is 21.1 Å². The Labute approximate surface area is 316 Å². The van der Waals surface area contributed by atoms with Crippen molar-refractivity contribution in [2.45, 2.75) is 0 Å². The van der Waals surface area contributed by atoms with E-state index in [2.05, 4.69) is 41.7 Å². The molecule has 0 radical (unpaired) electrons.